The molecule has 0 radical (unpaired) electrons. The van der Waals surface area contributed by atoms with E-state index in [-0.39, 0.29) is 18.3 Å². The number of rotatable bonds is 5. The van der Waals surface area contributed by atoms with Crippen LogP contribution in [0.5, 0.6) is 0 Å². The maximum absolute atomic E-state index is 11.6. The van der Waals surface area contributed by atoms with E-state index >= 15 is 0 Å². The molecule has 1 saturated carbocycles. The van der Waals surface area contributed by atoms with Gasteiger partial charge in [-0.1, -0.05) is 19.1 Å². The van der Waals surface area contributed by atoms with Gasteiger partial charge in [-0.3, -0.25) is 9.59 Å². The SMILES string of the molecule is CCCOC(=O)CC1(C(=O)O)CC2C=CC1C2. The van der Waals surface area contributed by atoms with Crippen molar-refractivity contribution in [2.24, 2.45) is 17.3 Å². The molecule has 2 aliphatic carbocycles. The first-order valence-corrected chi connectivity index (χ1v) is 6.16. The molecule has 4 heteroatoms. The number of ether oxygens (including phenoxy) is 1. The summed E-state index contributed by atoms with van der Waals surface area (Å²) in [5.74, 6) is -0.910. The molecule has 3 unspecified atom stereocenters. The number of aliphatic carboxylic acids is 1. The highest BCUT2D eigenvalue weighted by atomic mass is 16.5. The number of hydrogen-bond acceptors (Lipinski definition) is 3. The van der Waals surface area contributed by atoms with Crippen LogP contribution in [0.3, 0.4) is 0 Å². The second-order valence-corrected chi connectivity index (χ2v) is 5.05. The fraction of sp³-hybridized carbons (Fsp3) is 0.692. The first-order chi connectivity index (χ1) is 8.08. The van der Waals surface area contributed by atoms with Gasteiger partial charge in [0.1, 0.15) is 0 Å². The second-order valence-electron chi connectivity index (χ2n) is 5.05. The molecule has 17 heavy (non-hydrogen) atoms. The largest absolute Gasteiger partial charge is 0.481 e. The van der Waals surface area contributed by atoms with Crippen LogP contribution in [-0.4, -0.2) is 23.7 Å². The number of fused-ring (bicyclic) bond motifs is 2. The Morgan fingerprint density at radius 2 is 2.24 bits per heavy atom. The maximum atomic E-state index is 11.6. The van der Waals surface area contributed by atoms with E-state index in [0.29, 0.717) is 18.9 Å². The Balaban J connectivity index is 2.06. The van der Waals surface area contributed by atoms with Crippen LogP contribution in [0.4, 0.5) is 0 Å². The molecule has 1 N–H and O–H groups in total. The van der Waals surface area contributed by atoms with Crippen LogP contribution in [-0.2, 0) is 14.3 Å². The number of carbonyl (C=O) groups excluding carboxylic acids is 1. The van der Waals surface area contributed by atoms with Crippen LogP contribution in [0.1, 0.15) is 32.6 Å². The third-order valence-electron chi connectivity index (χ3n) is 3.86. The molecule has 0 saturated heterocycles. The molecule has 0 aromatic heterocycles. The van der Waals surface area contributed by atoms with Gasteiger partial charge >= 0.3 is 11.9 Å². The third kappa shape index (κ3) is 2.08. The summed E-state index contributed by atoms with van der Waals surface area (Å²) < 4.78 is 5.01. The summed E-state index contributed by atoms with van der Waals surface area (Å²) >= 11 is 0. The molecular weight excluding hydrogens is 220 g/mol. The molecular formula is C13H18O4. The van der Waals surface area contributed by atoms with Crippen molar-refractivity contribution in [1.82, 2.24) is 0 Å². The second kappa shape index (κ2) is 4.51. The Kier molecular flexibility index (Phi) is 3.22. The van der Waals surface area contributed by atoms with E-state index in [2.05, 4.69) is 6.08 Å². The smallest absolute Gasteiger partial charge is 0.310 e. The third-order valence-corrected chi connectivity index (χ3v) is 3.86. The van der Waals surface area contributed by atoms with Crippen molar-refractivity contribution < 1.29 is 19.4 Å². The molecule has 2 aliphatic rings. The molecule has 2 rings (SSSR count). The summed E-state index contributed by atoms with van der Waals surface area (Å²) in [6.45, 7) is 2.29. The summed E-state index contributed by atoms with van der Waals surface area (Å²) in [5.41, 5.74) is -0.912. The summed E-state index contributed by atoms with van der Waals surface area (Å²) in [6, 6.07) is 0. The topological polar surface area (TPSA) is 63.6 Å². The van der Waals surface area contributed by atoms with Crippen LogP contribution in [0.15, 0.2) is 12.2 Å². The van der Waals surface area contributed by atoms with Crippen LogP contribution >= 0.6 is 0 Å². The molecule has 0 aromatic carbocycles. The minimum absolute atomic E-state index is 0.000762. The standard InChI is InChI=1S/C13H18O4/c1-2-5-17-11(14)8-13(12(15)16)7-9-3-4-10(13)6-9/h3-4,9-10H,2,5-8H2,1H3,(H,15,16). The number of carboxylic acid groups (broad SMARTS) is 1. The van der Waals surface area contributed by atoms with Crippen molar-refractivity contribution in [2.75, 3.05) is 6.61 Å². The zero-order valence-electron chi connectivity index (χ0n) is 10.0. The van der Waals surface area contributed by atoms with E-state index in [1.54, 1.807) is 0 Å². The van der Waals surface area contributed by atoms with Gasteiger partial charge in [0.2, 0.25) is 0 Å². The lowest BCUT2D eigenvalue weighted by molar-refractivity contribution is -0.160. The summed E-state index contributed by atoms with van der Waals surface area (Å²) in [6.07, 6.45) is 6.24. The fourth-order valence-electron chi connectivity index (χ4n) is 3.00. The highest BCUT2D eigenvalue weighted by Gasteiger charge is 2.54. The minimum atomic E-state index is -0.912. The number of esters is 1. The van der Waals surface area contributed by atoms with Gasteiger partial charge in [0, 0.05) is 0 Å². The Labute approximate surface area is 101 Å². The lowest BCUT2D eigenvalue weighted by Crippen LogP contribution is -2.37. The Hall–Kier alpha value is -1.32. The average Bonchev–Trinajstić information content (AvgIpc) is 2.86. The van der Waals surface area contributed by atoms with E-state index in [0.717, 1.165) is 12.8 Å². The van der Waals surface area contributed by atoms with Gasteiger partial charge < -0.3 is 9.84 Å². The average molecular weight is 238 g/mol. The number of hydrogen-bond donors (Lipinski definition) is 1. The normalized spacial score (nSPS) is 33.9. The number of allylic oxidation sites excluding steroid dienone is 2. The van der Waals surface area contributed by atoms with Gasteiger partial charge in [0.15, 0.2) is 0 Å². The fourth-order valence-corrected chi connectivity index (χ4v) is 3.00. The molecule has 2 bridgehead atoms. The van der Waals surface area contributed by atoms with E-state index in [4.69, 9.17) is 4.74 Å². The number of carboxylic acids is 1. The highest BCUT2D eigenvalue weighted by molar-refractivity contribution is 5.83. The van der Waals surface area contributed by atoms with Crippen molar-refractivity contribution >= 4 is 11.9 Å². The Morgan fingerprint density at radius 3 is 2.71 bits per heavy atom. The van der Waals surface area contributed by atoms with Gasteiger partial charge in [-0.25, -0.2) is 0 Å². The summed E-state index contributed by atoms with van der Waals surface area (Å²) in [7, 11) is 0. The Morgan fingerprint density at radius 1 is 1.47 bits per heavy atom. The van der Waals surface area contributed by atoms with Gasteiger partial charge in [0.25, 0.3) is 0 Å². The maximum Gasteiger partial charge on any atom is 0.310 e. The zero-order valence-corrected chi connectivity index (χ0v) is 10.0. The van der Waals surface area contributed by atoms with Gasteiger partial charge in [-0.05, 0) is 31.1 Å². The molecule has 0 aromatic rings. The lowest BCUT2D eigenvalue weighted by Gasteiger charge is -2.29. The monoisotopic (exact) mass is 238 g/mol. The first kappa shape index (κ1) is 12.1. The quantitative estimate of drug-likeness (QED) is 0.587. The van der Waals surface area contributed by atoms with Crippen LogP contribution in [0.2, 0.25) is 0 Å². The molecule has 0 spiro atoms. The highest BCUT2D eigenvalue weighted by Crippen LogP contribution is 2.54. The zero-order chi connectivity index (χ0) is 12.5. The first-order valence-electron chi connectivity index (χ1n) is 6.16. The summed E-state index contributed by atoms with van der Waals surface area (Å²) in [4.78, 5) is 23.1. The molecule has 0 aliphatic heterocycles. The lowest BCUT2D eigenvalue weighted by atomic mass is 9.73. The van der Waals surface area contributed by atoms with E-state index in [1.165, 1.54) is 0 Å². The molecule has 0 heterocycles. The Bertz CT molecular complexity index is 360. The molecule has 4 nitrogen and oxygen atoms in total. The van der Waals surface area contributed by atoms with Crippen molar-refractivity contribution in [2.45, 2.75) is 32.6 Å². The van der Waals surface area contributed by atoms with Crippen molar-refractivity contribution in [3.05, 3.63) is 12.2 Å². The van der Waals surface area contributed by atoms with Crippen LogP contribution in [0, 0.1) is 17.3 Å². The molecule has 0 amide bonds. The van der Waals surface area contributed by atoms with E-state index in [9.17, 15) is 14.7 Å². The van der Waals surface area contributed by atoms with E-state index in [1.807, 2.05) is 13.0 Å². The van der Waals surface area contributed by atoms with Crippen molar-refractivity contribution in [1.29, 1.82) is 0 Å². The van der Waals surface area contributed by atoms with Crippen molar-refractivity contribution in [3.8, 4) is 0 Å². The van der Waals surface area contributed by atoms with Crippen molar-refractivity contribution in [3.63, 3.8) is 0 Å². The predicted molar refractivity (Wildman–Crippen MR) is 61.3 cm³/mol. The minimum Gasteiger partial charge on any atom is -0.481 e. The summed E-state index contributed by atoms with van der Waals surface area (Å²) in [5, 5.41) is 9.42. The van der Waals surface area contributed by atoms with Crippen LogP contribution < -0.4 is 0 Å². The van der Waals surface area contributed by atoms with E-state index < -0.39 is 11.4 Å². The van der Waals surface area contributed by atoms with Crippen LogP contribution in [0.25, 0.3) is 0 Å². The predicted octanol–water partition coefficient (Wildman–Crippen LogP) is 2.00. The van der Waals surface area contributed by atoms with Gasteiger partial charge in [-0.2, -0.15) is 0 Å². The molecule has 3 atom stereocenters. The van der Waals surface area contributed by atoms with Gasteiger partial charge in [-0.15, -0.1) is 0 Å². The van der Waals surface area contributed by atoms with Gasteiger partial charge in [0.05, 0.1) is 18.4 Å². The molecule has 1 fully saturated rings. The number of carbonyl (C=O) groups is 2. The molecule has 94 valence electrons.